The Labute approximate surface area is 109 Å². The van der Waals surface area contributed by atoms with Gasteiger partial charge in [-0.15, -0.1) is 5.10 Å². The molecule has 0 saturated heterocycles. The molecule has 6 nitrogen and oxygen atoms in total. The number of nitrogens with two attached hydrogens (primary N) is 1. The van der Waals surface area contributed by atoms with Crippen LogP contribution >= 0.6 is 11.5 Å². The topological polar surface area (TPSA) is 86.0 Å². The van der Waals surface area contributed by atoms with Crippen LogP contribution < -0.4 is 16.0 Å². The fraction of sp³-hybridized carbons (Fsp3) is 0.364. The van der Waals surface area contributed by atoms with E-state index in [2.05, 4.69) is 26.9 Å². The highest BCUT2D eigenvalue weighted by atomic mass is 32.1. The first-order valence-corrected chi connectivity index (χ1v) is 6.43. The Balaban J connectivity index is 2.20. The van der Waals surface area contributed by atoms with Crippen molar-refractivity contribution in [3.63, 3.8) is 0 Å². The van der Waals surface area contributed by atoms with Crippen LogP contribution in [0.15, 0.2) is 24.7 Å². The van der Waals surface area contributed by atoms with E-state index in [-0.39, 0.29) is 6.04 Å². The van der Waals surface area contributed by atoms with Crippen molar-refractivity contribution in [3.8, 4) is 5.75 Å². The van der Waals surface area contributed by atoms with Gasteiger partial charge in [-0.2, -0.15) is 0 Å². The molecule has 2 heterocycles. The van der Waals surface area contributed by atoms with E-state index >= 15 is 0 Å². The van der Waals surface area contributed by atoms with E-state index in [1.54, 1.807) is 18.6 Å². The Kier molecular flexibility index (Phi) is 4.57. The van der Waals surface area contributed by atoms with E-state index in [4.69, 9.17) is 10.6 Å². The highest BCUT2D eigenvalue weighted by molar-refractivity contribution is 7.05. The Morgan fingerprint density at radius 1 is 1.44 bits per heavy atom. The third-order valence-corrected chi connectivity index (χ3v) is 3.10. The van der Waals surface area contributed by atoms with Gasteiger partial charge in [0.1, 0.15) is 5.75 Å². The summed E-state index contributed by atoms with van der Waals surface area (Å²) in [4.78, 5) is 5.10. The molecule has 96 valence electrons. The minimum atomic E-state index is -0.164. The highest BCUT2D eigenvalue weighted by Gasteiger charge is 2.15. The van der Waals surface area contributed by atoms with Gasteiger partial charge in [-0.25, -0.2) is 5.43 Å². The van der Waals surface area contributed by atoms with Gasteiger partial charge in [-0.1, -0.05) is 11.4 Å². The molecule has 2 rings (SSSR count). The van der Waals surface area contributed by atoms with Crippen LogP contribution in [0.5, 0.6) is 5.75 Å². The number of ether oxygens (including phenoxy) is 1. The summed E-state index contributed by atoms with van der Waals surface area (Å²) in [6, 6.07) is 1.76. The van der Waals surface area contributed by atoms with E-state index in [0.717, 1.165) is 22.6 Å². The summed E-state index contributed by atoms with van der Waals surface area (Å²) in [5.74, 6) is 6.32. The second kappa shape index (κ2) is 6.39. The standard InChI is InChI=1S/C11H15N5OS/c1-2-3-17-9-4-8(5-13-6-9)11(15-12)10-7-14-16-18-10/h4-7,11,15H,2-3,12H2,1H3. The van der Waals surface area contributed by atoms with Gasteiger partial charge in [0.2, 0.25) is 0 Å². The number of pyridine rings is 1. The molecule has 0 amide bonds. The number of nitrogens with zero attached hydrogens (tertiary/aromatic N) is 3. The summed E-state index contributed by atoms with van der Waals surface area (Å²) in [6.45, 7) is 2.73. The maximum absolute atomic E-state index is 5.58. The third-order valence-electron chi connectivity index (χ3n) is 2.37. The normalized spacial score (nSPS) is 12.3. The number of nitrogens with one attached hydrogen (secondary N) is 1. The number of hydrogen-bond acceptors (Lipinski definition) is 7. The van der Waals surface area contributed by atoms with Gasteiger partial charge in [-0.05, 0) is 29.6 Å². The van der Waals surface area contributed by atoms with Gasteiger partial charge in [0.05, 0.1) is 29.9 Å². The van der Waals surface area contributed by atoms with Crippen LogP contribution in [0.3, 0.4) is 0 Å². The second-order valence-corrected chi connectivity index (χ2v) is 4.54. The molecule has 0 bridgehead atoms. The molecule has 0 aliphatic carbocycles. The summed E-state index contributed by atoms with van der Waals surface area (Å²) in [6.07, 6.45) is 6.09. The van der Waals surface area contributed by atoms with Gasteiger partial charge < -0.3 is 4.74 Å². The number of hydrogen-bond donors (Lipinski definition) is 2. The molecule has 0 aromatic carbocycles. The smallest absolute Gasteiger partial charge is 0.137 e. The molecule has 2 aromatic heterocycles. The minimum absolute atomic E-state index is 0.164. The lowest BCUT2D eigenvalue weighted by molar-refractivity contribution is 0.315. The maximum atomic E-state index is 5.58. The van der Waals surface area contributed by atoms with Gasteiger partial charge in [0, 0.05) is 6.20 Å². The van der Waals surface area contributed by atoms with E-state index in [1.165, 1.54) is 11.5 Å². The maximum Gasteiger partial charge on any atom is 0.137 e. The summed E-state index contributed by atoms with van der Waals surface area (Å²) < 4.78 is 9.38. The quantitative estimate of drug-likeness (QED) is 0.604. The van der Waals surface area contributed by atoms with E-state index in [1.807, 2.05) is 6.07 Å². The number of aromatic nitrogens is 3. The first-order chi connectivity index (χ1) is 8.85. The summed E-state index contributed by atoms with van der Waals surface area (Å²) >= 11 is 1.30. The largest absolute Gasteiger partial charge is 0.492 e. The summed E-state index contributed by atoms with van der Waals surface area (Å²) in [5.41, 5.74) is 3.67. The molecule has 0 saturated carbocycles. The molecule has 0 fully saturated rings. The van der Waals surface area contributed by atoms with Crippen LogP contribution in [0.2, 0.25) is 0 Å². The fourth-order valence-electron chi connectivity index (χ4n) is 1.54. The lowest BCUT2D eigenvalue weighted by Gasteiger charge is -2.14. The predicted molar refractivity (Wildman–Crippen MR) is 69.1 cm³/mol. The lowest BCUT2D eigenvalue weighted by Crippen LogP contribution is -2.28. The van der Waals surface area contributed by atoms with Crippen LogP contribution in [-0.4, -0.2) is 21.2 Å². The van der Waals surface area contributed by atoms with Crippen molar-refractivity contribution in [2.24, 2.45) is 5.84 Å². The van der Waals surface area contributed by atoms with Crippen LogP contribution in [0, 0.1) is 0 Å². The van der Waals surface area contributed by atoms with E-state index in [9.17, 15) is 0 Å². The van der Waals surface area contributed by atoms with Crippen molar-refractivity contribution in [2.45, 2.75) is 19.4 Å². The molecule has 2 aromatic rings. The zero-order valence-corrected chi connectivity index (χ0v) is 10.9. The van der Waals surface area contributed by atoms with Gasteiger partial charge in [0.15, 0.2) is 0 Å². The van der Waals surface area contributed by atoms with Gasteiger partial charge >= 0.3 is 0 Å². The van der Waals surface area contributed by atoms with Crippen molar-refractivity contribution in [1.82, 2.24) is 20.0 Å². The fourth-order valence-corrected chi connectivity index (χ4v) is 2.13. The molecule has 7 heteroatoms. The highest BCUT2D eigenvalue weighted by Crippen LogP contribution is 2.25. The van der Waals surface area contributed by atoms with E-state index in [0.29, 0.717) is 6.61 Å². The zero-order valence-electron chi connectivity index (χ0n) is 10.0. The molecule has 0 aliphatic heterocycles. The first-order valence-electron chi connectivity index (χ1n) is 5.66. The first kappa shape index (κ1) is 12.9. The average molecular weight is 265 g/mol. The van der Waals surface area contributed by atoms with Crippen LogP contribution in [0.25, 0.3) is 0 Å². The van der Waals surface area contributed by atoms with Crippen molar-refractivity contribution in [3.05, 3.63) is 35.1 Å². The molecular formula is C11H15N5OS. The molecule has 1 atom stereocenters. The zero-order chi connectivity index (χ0) is 12.8. The summed E-state index contributed by atoms with van der Waals surface area (Å²) in [5, 5.41) is 3.81. The number of hydrazine groups is 1. The molecule has 0 aliphatic rings. The Bertz CT molecular complexity index is 476. The monoisotopic (exact) mass is 265 g/mol. The minimum Gasteiger partial charge on any atom is -0.492 e. The Morgan fingerprint density at radius 2 is 2.33 bits per heavy atom. The third kappa shape index (κ3) is 3.00. The van der Waals surface area contributed by atoms with Crippen LogP contribution in [0.1, 0.15) is 29.8 Å². The second-order valence-electron chi connectivity index (χ2n) is 3.72. The SMILES string of the molecule is CCCOc1cncc(C(NN)c2cnns2)c1. The van der Waals surface area contributed by atoms with Gasteiger partial charge in [0.25, 0.3) is 0 Å². The number of rotatable bonds is 6. The predicted octanol–water partition coefficient (Wildman–Crippen LogP) is 1.27. The average Bonchev–Trinajstić information content (AvgIpc) is 2.92. The Hall–Kier alpha value is -1.57. The van der Waals surface area contributed by atoms with Crippen molar-refractivity contribution < 1.29 is 4.74 Å². The van der Waals surface area contributed by atoms with Gasteiger partial charge in [-0.3, -0.25) is 10.8 Å². The molecule has 3 N–H and O–H groups in total. The van der Waals surface area contributed by atoms with Crippen LogP contribution in [0.4, 0.5) is 0 Å². The van der Waals surface area contributed by atoms with Crippen molar-refractivity contribution in [2.75, 3.05) is 6.61 Å². The molecule has 18 heavy (non-hydrogen) atoms. The molecule has 0 radical (unpaired) electrons. The van der Waals surface area contributed by atoms with Crippen molar-refractivity contribution >= 4 is 11.5 Å². The van der Waals surface area contributed by atoms with Crippen LogP contribution in [-0.2, 0) is 0 Å². The van der Waals surface area contributed by atoms with E-state index < -0.39 is 0 Å². The summed E-state index contributed by atoms with van der Waals surface area (Å²) in [7, 11) is 0. The Morgan fingerprint density at radius 3 is 3.00 bits per heavy atom. The van der Waals surface area contributed by atoms with Crippen molar-refractivity contribution in [1.29, 1.82) is 0 Å². The molecule has 1 unspecified atom stereocenters. The molecular weight excluding hydrogens is 250 g/mol. The molecule has 0 spiro atoms. The lowest BCUT2D eigenvalue weighted by atomic mass is 10.1.